The van der Waals surface area contributed by atoms with Crippen molar-refractivity contribution in [3.63, 3.8) is 0 Å². The predicted molar refractivity (Wildman–Crippen MR) is 94.2 cm³/mol. The van der Waals surface area contributed by atoms with Gasteiger partial charge in [0.1, 0.15) is 5.82 Å². The van der Waals surface area contributed by atoms with Crippen LogP contribution in [0.25, 0.3) is 10.8 Å². The summed E-state index contributed by atoms with van der Waals surface area (Å²) in [4.78, 5) is 16.3. The Morgan fingerprint density at radius 3 is 2.88 bits per heavy atom. The van der Waals surface area contributed by atoms with Crippen LogP contribution in [0.2, 0.25) is 0 Å². The Bertz CT molecular complexity index is 785. The molecule has 3 rings (SSSR count). The number of nitrogens with one attached hydrogen (secondary N) is 1. The number of benzene rings is 1. The van der Waals surface area contributed by atoms with E-state index in [9.17, 15) is 9.18 Å². The molecule has 2 aromatic heterocycles. The minimum Gasteiger partial charge on any atom is -0.462 e. The molecule has 24 heavy (non-hydrogen) atoms. The van der Waals surface area contributed by atoms with Crippen LogP contribution in [0, 0.1) is 5.82 Å². The third-order valence-corrected chi connectivity index (χ3v) is 5.04. The lowest BCUT2D eigenvalue weighted by atomic mass is 10.2. The van der Waals surface area contributed by atoms with Gasteiger partial charge in [-0.25, -0.2) is 9.37 Å². The van der Waals surface area contributed by atoms with Crippen molar-refractivity contribution in [2.24, 2.45) is 0 Å². The van der Waals surface area contributed by atoms with E-state index in [-0.39, 0.29) is 11.7 Å². The minimum atomic E-state index is -0.280. The first-order chi connectivity index (χ1) is 11.7. The first-order valence-electron chi connectivity index (χ1n) is 7.28. The highest BCUT2D eigenvalue weighted by atomic mass is 32.2. The van der Waals surface area contributed by atoms with Gasteiger partial charge in [0.15, 0.2) is 10.8 Å². The first-order valence-corrected chi connectivity index (χ1v) is 9.31. The van der Waals surface area contributed by atoms with Crippen molar-refractivity contribution >= 4 is 29.0 Å². The fraction of sp³-hybridized carbons (Fsp3) is 0.176. The van der Waals surface area contributed by atoms with Gasteiger partial charge in [-0.1, -0.05) is 12.1 Å². The van der Waals surface area contributed by atoms with Gasteiger partial charge in [-0.05, 0) is 29.8 Å². The van der Waals surface area contributed by atoms with Gasteiger partial charge in [-0.15, -0.1) is 23.1 Å². The van der Waals surface area contributed by atoms with Crippen molar-refractivity contribution in [1.82, 2.24) is 10.3 Å². The topological polar surface area (TPSA) is 55.1 Å². The highest BCUT2D eigenvalue weighted by Gasteiger charge is 2.08. The molecule has 1 aromatic carbocycles. The highest BCUT2D eigenvalue weighted by Crippen LogP contribution is 2.25. The summed E-state index contributed by atoms with van der Waals surface area (Å²) in [6, 6.07) is 9.79. The maximum atomic E-state index is 12.8. The lowest BCUT2D eigenvalue weighted by Crippen LogP contribution is -2.24. The van der Waals surface area contributed by atoms with E-state index in [1.165, 1.54) is 35.2 Å². The van der Waals surface area contributed by atoms with E-state index in [0.29, 0.717) is 18.1 Å². The van der Waals surface area contributed by atoms with Crippen LogP contribution < -0.4 is 5.32 Å². The number of hydrogen-bond acceptors (Lipinski definition) is 5. The molecule has 0 atom stereocenters. The van der Waals surface area contributed by atoms with Gasteiger partial charge in [0.2, 0.25) is 5.91 Å². The van der Waals surface area contributed by atoms with E-state index in [0.717, 1.165) is 22.0 Å². The molecule has 0 radical (unpaired) electrons. The third-order valence-electron chi connectivity index (χ3n) is 3.17. The van der Waals surface area contributed by atoms with Crippen LogP contribution in [0.1, 0.15) is 11.3 Å². The van der Waals surface area contributed by atoms with Crippen molar-refractivity contribution in [3.05, 3.63) is 65.1 Å². The summed E-state index contributed by atoms with van der Waals surface area (Å²) in [5, 5.41) is 5.63. The molecule has 1 amide bonds. The van der Waals surface area contributed by atoms with Crippen LogP contribution in [0.3, 0.4) is 0 Å². The molecule has 0 fully saturated rings. The van der Waals surface area contributed by atoms with Gasteiger partial charge in [0.25, 0.3) is 0 Å². The van der Waals surface area contributed by atoms with E-state index in [2.05, 4.69) is 10.3 Å². The highest BCUT2D eigenvalue weighted by molar-refractivity contribution is 7.99. The summed E-state index contributed by atoms with van der Waals surface area (Å²) in [5.41, 5.74) is 1.81. The number of carbonyl (C=O) groups is 1. The van der Waals surface area contributed by atoms with Gasteiger partial charge in [0, 0.05) is 17.7 Å². The third kappa shape index (κ3) is 4.69. The van der Waals surface area contributed by atoms with Crippen LogP contribution >= 0.6 is 23.1 Å². The molecule has 4 nitrogen and oxygen atoms in total. The maximum absolute atomic E-state index is 12.8. The molecule has 0 aliphatic heterocycles. The Morgan fingerprint density at radius 2 is 2.12 bits per heavy atom. The zero-order valence-electron chi connectivity index (χ0n) is 12.7. The van der Waals surface area contributed by atoms with Gasteiger partial charge >= 0.3 is 0 Å². The summed E-state index contributed by atoms with van der Waals surface area (Å²) in [7, 11) is 0. The molecule has 2 heterocycles. The van der Waals surface area contributed by atoms with Gasteiger partial charge in [0.05, 0.1) is 17.7 Å². The average molecular weight is 362 g/mol. The molecule has 0 spiro atoms. The smallest absolute Gasteiger partial charge is 0.230 e. The first kappa shape index (κ1) is 16.7. The molecule has 0 aliphatic rings. The summed E-state index contributed by atoms with van der Waals surface area (Å²) >= 11 is 3.03. The maximum Gasteiger partial charge on any atom is 0.230 e. The lowest BCUT2D eigenvalue weighted by molar-refractivity contribution is -0.118. The quantitative estimate of drug-likeness (QED) is 0.688. The molecule has 124 valence electrons. The Labute approximate surface area is 147 Å². The monoisotopic (exact) mass is 362 g/mol. The second-order valence-corrected chi connectivity index (χ2v) is 6.86. The Hall–Kier alpha value is -2.12. The van der Waals surface area contributed by atoms with E-state index in [1.54, 1.807) is 18.4 Å². The Morgan fingerprint density at radius 1 is 1.29 bits per heavy atom. The average Bonchev–Trinajstić information content (AvgIpc) is 3.25. The molecule has 0 saturated heterocycles. The van der Waals surface area contributed by atoms with E-state index in [1.807, 2.05) is 17.5 Å². The van der Waals surface area contributed by atoms with Crippen LogP contribution in [0.5, 0.6) is 0 Å². The fourth-order valence-electron chi connectivity index (χ4n) is 1.99. The molecule has 1 N–H and O–H groups in total. The van der Waals surface area contributed by atoms with Crippen LogP contribution in [0.4, 0.5) is 4.39 Å². The number of rotatable bonds is 7. The second kappa shape index (κ2) is 8.12. The number of aromatic nitrogens is 1. The summed E-state index contributed by atoms with van der Waals surface area (Å²) < 4.78 is 18.1. The molecular formula is C17H15FN2O2S2. The van der Waals surface area contributed by atoms with Crippen LogP contribution in [-0.4, -0.2) is 16.6 Å². The van der Waals surface area contributed by atoms with Crippen molar-refractivity contribution < 1.29 is 13.6 Å². The van der Waals surface area contributed by atoms with Crippen molar-refractivity contribution in [2.45, 2.75) is 12.3 Å². The Kier molecular flexibility index (Phi) is 5.66. The zero-order valence-corrected chi connectivity index (χ0v) is 14.3. The molecule has 0 saturated carbocycles. The van der Waals surface area contributed by atoms with Crippen molar-refractivity contribution in [1.29, 1.82) is 0 Å². The number of carbonyl (C=O) groups excluding carboxylic acids is 1. The summed E-state index contributed by atoms with van der Waals surface area (Å²) in [6.45, 7) is 0.402. The molecule has 0 bridgehead atoms. The van der Waals surface area contributed by atoms with Crippen molar-refractivity contribution in [2.75, 3.05) is 5.75 Å². The molecule has 0 unspecified atom stereocenters. The number of hydrogen-bond donors (Lipinski definition) is 1. The molecule has 7 heteroatoms. The summed E-state index contributed by atoms with van der Waals surface area (Å²) in [5.74, 6) is 1.45. The number of amides is 1. The lowest BCUT2D eigenvalue weighted by Gasteiger charge is -2.05. The number of thioether (sulfide) groups is 1. The fourth-order valence-corrected chi connectivity index (χ4v) is 3.63. The SMILES string of the molecule is O=C(CSCc1csc(-c2ccco2)n1)NCc1ccc(F)cc1. The number of nitrogens with zero attached hydrogens (tertiary/aromatic N) is 1. The van der Waals surface area contributed by atoms with Gasteiger partial charge in [-0.3, -0.25) is 4.79 Å². The van der Waals surface area contributed by atoms with Crippen molar-refractivity contribution in [3.8, 4) is 10.8 Å². The molecule has 0 aliphatic carbocycles. The minimum absolute atomic E-state index is 0.0502. The van der Waals surface area contributed by atoms with Gasteiger partial charge in [-0.2, -0.15) is 0 Å². The number of halogens is 1. The van der Waals surface area contributed by atoms with E-state index in [4.69, 9.17) is 4.42 Å². The Balaban J connectivity index is 1.40. The van der Waals surface area contributed by atoms with E-state index >= 15 is 0 Å². The molecular weight excluding hydrogens is 347 g/mol. The predicted octanol–water partition coefficient (Wildman–Crippen LogP) is 4.09. The zero-order chi connectivity index (χ0) is 16.8. The number of furan rings is 1. The summed E-state index contributed by atoms with van der Waals surface area (Å²) in [6.07, 6.45) is 1.62. The number of thiazole rings is 1. The van der Waals surface area contributed by atoms with Crippen LogP contribution in [0.15, 0.2) is 52.5 Å². The van der Waals surface area contributed by atoms with Crippen LogP contribution in [-0.2, 0) is 17.1 Å². The normalized spacial score (nSPS) is 10.7. The van der Waals surface area contributed by atoms with Gasteiger partial charge < -0.3 is 9.73 Å². The standard InChI is InChI=1S/C17H15FN2O2S2/c18-13-5-3-12(4-6-13)8-19-16(21)11-23-9-14-10-24-17(20-14)15-2-1-7-22-15/h1-7,10H,8-9,11H2,(H,19,21). The molecule has 3 aromatic rings. The van der Waals surface area contributed by atoms with E-state index < -0.39 is 0 Å². The largest absolute Gasteiger partial charge is 0.462 e. The second-order valence-electron chi connectivity index (χ2n) is 5.02.